The van der Waals surface area contributed by atoms with E-state index in [4.69, 9.17) is 14.2 Å². The number of carbonyl (C=O) groups is 2. The average Bonchev–Trinajstić information content (AvgIpc) is 3.34. The van der Waals surface area contributed by atoms with Crippen LogP contribution < -0.4 is 0 Å². The van der Waals surface area contributed by atoms with Gasteiger partial charge in [-0.2, -0.15) is 0 Å². The molecule has 0 aromatic carbocycles. The predicted octanol–water partition coefficient (Wildman–Crippen LogP) is 18.4. The standard InChI is InChI=1S/C63H96O5/c1-4-7-10-13-16-19-22-25-28-30-32-33-36-38-41-44-47-50-53-56-62(64)67-60-61(68-63(65)57-54-51-48-45-42-39-35-27-24-21-18-15-12-9-6-3)59-66-58-55-52-49-46-43-40-37-34-31-29-26-23-20-17-14-11-8-5-2/h7-12,16-21,25-29,32-35,37,42-43,45-46,51,54,61H,4-6,13-15,22-24,30-31,36,38-41,44,47-50,52-53,55-60H2,1-3H3/b10-7-,11-8-,12-9-,19-16-,20-17-,21-18-,28-25-,29-26-,33-32-,35-27-,37-34-,45-42-,46-43-,54-51-. The average molecular weight is 933 g/mol. The van der Waals surface area contributed by atoms with Crippen LogP contribution in [0.25, 0.3) is 0 Å². The fourth-order valence-corrected chi connectivity index (χ4v) is 6.42. The van der Waals surface area contributed by atoms with Gasteiger partial charge in [0.25, 0.3) is 0 Å². The van der Waals surface area contributed by atoms with E-state index in [1.54, 1.807) is 0 Å². The molecule has 68 heavy (non-hydrogen) atoms. The lowest BCUT2D eigenvalue weighted by Gasteiger charge is -2.18. The van der Waals surface area contributed by atoms with Crippen LogP contribution in [0.5, 0.6) is 0 Å². The van der Waals surface area contributed by atoms with Gasteiger partial charge in [-0.05, 0) is 128 Å². The van der Waals surface area contributed by atoms with Gasteiger partial charge < -0.3 is 14.2 Å². The molecule has 0 heterocycles. The molecule has 378 valence electrons. The van der Waals surface area contributed by atoms with E-state index in [-0.39, 0.29) is 31.6 Å². The second-order valence-corrected chi connectivity index (χ2v) is 16.6. The minimum atomic E-state index is -0.634. The van der Waals surface area contributed by atoms with Crippen LogP contribution in [0, 0.1) is 0 Å². The highest BCUT2D eigenvalue weighted by Gasteiger charge is 2.17. The first-order chi connectivity index (χ1) is 33.6. The summed E-state index contributed by atoms with van der Waals surface area (Å²) >= 11 is 0. The van der Waals surface area contributed by atoms with E-state index in [0.717, 1.165) is 135 Å². The van der Waals surface area contributed by atoms with Crippen LogP contribution in [-0.2, 0) is 23.8 Å². The molecule has 0 aliphatic carbocycles. The Morgan fingerprint density at radius 3 is 1.06 bits per heavy atom. The number of hydrogen-bond acceptors (Lipinski definition) is 5. The van der Waals surface area contributed by atoms with Gasteiger partial charge in [0.1, 0.15) is 6.61 Å². The van der Waals surface area contributed by atoms with Crippen molar-refractivity contribution in [1.29, 1.82) is 0 Å². The number of allylic oxidation sites excluding steroid dienone is 27. The Labute approximate surface area is 417 Å². The maximum absolute atomic E-state index is 12.8. The molecule has 0 bridgehead atoms. The van der Waals surface area contributed by atoms with Gasteiger partial charge in [-0.3, -0.25) is 9.59 Å². The van der Waals surface area contributed by atoms with E-state index >= 15 is 0 Å². The summed E-state index contributed by atoms with van der Waals surface area (Å²) in [6, 6.07) is 0. The largest absolute Gasteiger partial charge is 0.462 e. The van der Waals surface area contributed by atoms with E-state index in [2.05, 4.69) is 179 Å². The fraction of sp³-hybridized carbons (Fsp3) is 0.524. The molecule has 0 amide bonds. The Morgan fingerprint density at radius 1 is 0.338 bits per heavy atom. The molecule has 0 aliphatic heterocycles. The lowest BCUT2D eigenvalue weighted by molar-refractivity contribution is -0.162. The molecule has 1 unspecified atom stereocenters. The van der Waals surface area contributed by atoms with Crippen molar-refractivity contribution in [2.24, 2.45) is 0 Å². The smallest absolute Gasteiger partial charge is 0.310 e. The molecule has 0 spiro atoms. The molecule has 0 aromatic heterocycles. The van der Waals surface area contributed by atoms with Gasteiger partial charge in [0.2, 0.25) is 0 Å². The Morgan fingerprint density at radius 2 is 0.662 bits per heavy atom. The Hall–Kier alpha value is -4.74. The number of carbonyl (C=O) groups excluding carboxylic acids is 2. The molecular formula is C63H96O5. The number of unbranched alkanes of at least 4 members (excludes halogenated alkanes) is 8. The van der Waals surface area contributed by atoms with Crippen molar-refractivity contribution in [3.05, 3.63) is 170 Å². The fourth-order valence-electron chi connectivity index (χ4n) is 6.42. The first kappa shape index (κ1) is 63.3. The van der Waals surface area contributed by atoms with Crippen LogP contribution in [0.4, 0.5) is 0 Å². The summed E-state index contributed by atoms with van der Waals surface area (Å²) in [5, 5.41) is 0. The van der Waals surface area contributed by atoms with Gasteiger partial charge in [0, 0.05) is 13.0 Å². The summed E-state index contributed by atoms with van der Waals surface area (Å²) in [6.07, 6.45) is 85.4. The molecule has 0 N–H and O–H groups in total. The predicted molar refractivity (Wildman–Crippen MR) is 297 cm³/mol. The minimum absolute atomic E-state index is 0.00751. The molecule has 0 radical (unpaired) electrons. The van der Waals surface area contributed by atoms with E-state index < -0.39 is 6.10 Å². The third-order valence-electron chi connectivity index (χ3n) is 10.3. The zero-order chi connectivity index (χ0) is 49.2. The first-order valence-corrected chi connectivity index (χ1v) is 26.7. The van der Waals surface area contributed by atoms with Crippen LogP contribution in [0.15, 0.2) is 170 Å². The zero-order valence-corrected chi connectivity index (χ0v) is 43.3. The summed E-state index contributed by atoms with van der Waals surface area (Å²) < 4.78 is 17.3. The number of ether oxygens (including phenoxy) is 3. The van der Waals surface area contributed by atoms with Crippen molar-refractivity contribution in [3.8, 4) is 0 Å². The Bertz CT molecular complexity index is 1570. The summed E-state index contributed by atoms with van der Waals surface area (Å²) in [6.45, 7) is 7.23. The SMILES string of the molecule is CC/C=C\C/C=C\C/C=C\C/C=C\C/C=C\CCCCOCC(COC(=O)CCCCCCCC/C=C\C/C=C\C/C=C\C/C=C\CC)OC(=O)C/C=C\C/C=C\C/C=C\C/C=C\C/C=C\CC. The quantitative estimate of drug-likeness (QED) is 0.0346. The van der Waals surface area contributed by atoms with Gasteiger partial charge >= 0.3 is 11.9 Å². The van der Waals surface area contributed by atoms with Crippen LogP contribution >= 0.6 is 0 Å². The molecule has 1 atom stereocenters. The van der Waals surface area contributed by atoms with Gasteiger partial charge in [0.05, 0.1) is 13.0 Å². The number of hydrogen-bond donors (Lipinski definition) is 0. The van der Waals surface area contributed by atoms with Crippen LogP contribution in [0.1, 0.15) is 188 Å². The molecule has 0 aliphatic rings. The normalized spacial score (nSPS) is 13.6. The zero-order valence-electron chi connectivity index (χ0n) is 43.3. The van der Waals surface area contributed by atoms with Gasteiger partial charge in [-0.15, -0.1) is 0 Å². The van der Waals surface area contributed by atoms with Crippen molar-refractivity contribution in [2.45, 2.75) is 194 Å². The lowest BCUT2D eigenvalue weighted by Crippen LogP contribution is -2.29. The van der Waals surface area contributed by atoms with E-state index in [0.29, 0.717) is 13.0 Å². The molecule has 0 saturated carbocycles. The van der Waals surface area contributed by atoms with Crippen molar-refractivity contribution >= 4 is 11.9 Å². The van der Waals surface area contributed by atoms with Crippen LogP contribution in [-0.4, -0.2) is 37.9 Å². The van der Waals surface area contributed by atoms with Gasteiger partial charge in [-0.25, -0.2) is 0 Å². The van der Waals surface area contributed by atoms with Crippen molar-refractivity contribution in [3.63, 3.8) is 0 Å². The van der Waals surface area contributed by atoms with Crippen molar-refractivity contribution in [1.82, 2.24) is 0 Å². The maximum atomic E-state index is 12.8. The van der Waals surface area contributed by atoms with Gasteiger partial charge in [0.15, 0.2) is 6.10 Å². The second kappa shape index (κ2) is 56.6. The molecule has 0 aromatic rings. The third kappa shape index (κ3) is 53.9. The summed E-state index contributed by atoms with van der Waals surface area (Å²) in [5.74, 6) is -0.600. The monoisotopic (exact) mass is 933 g/mol. The summed E-state index contributed by atoms with van der Waals surface area (Å²) in [7, 11) is 0. The van der Waals surface area contributed by atoms with Crippen LogP contribution in [0.2, 0.25) is 0 Å². The Kier molecular flexibility index (Phi) is 52.6. The summed E-state index contributed by atoms with van der Waals surface area (Å²) in [4.78, 5) is 25.4. The molecule has 0 fully saturated rings. The summed E-state index contributed by atoms with van der Waals surface area (Å²) in [5.41, 5.74) is 0. The molecule has 5 heteroatoms. The Balaban J connectivity index is 4.53. The van der Waals surface area contributed by atoms with Crippen molar-refractivity contribution in [2.75, 3.05) is 19.8 Å². The van der Waals surface area contributed by atoms with E-state index in [9.17, 15) is 9.59 Å². The third-order valence-corrected chi connectivity index (χ3v) is 10.3. The molecule has 5 nitrogen and oxygen atoms in total. The highest BCUT2D eigenvalue weighted by molar-refractivity contribution is 5.71. The van der Waals surface area contributed by atoms with Crippen LogP contribution in [0.3, 0.4) is 0 Å². The second-order valence-electron chi connectivity index (χ2n) is 16.6. The van der Waals surface area contributed by atoms with E-state index in [1.165, 1.54) is 19.3 Å². The molecular weight excluding hydrogens is 837 g/mol. The topological polar surface area (TPSA) is 61.8 Å². The highest BCUT2D eigenvalue weighted by Crippen LogP contribution is 2.11. The minimum Gasteiger partial charge on any atom is -0.462 e. The molecule has 0 saturated heterocycles. The number of rotatable bonds is 46. The van der Waals surface area contributed by atoms with E-state index in [1.807, 2.05) is 12.2 Å². The molecule has 0 rings (SSSR count). The highest BCUT2D eigenvalue weighted by atomic mass is 16.6. The first-order valence-electron chi connectivity index (χ1n) is 26.7. The maximum Gasteiger partial charge on any atom is 0.310 e. The van der Waals surface area contributed by atoms with Crippen molar-refractivity contribution < 1.29 is 23.8 Å². The number of esters is 2. The lowest BCUT2D eigenvalue weighted by atomic mass is 10.1. The van der Waals surface area contributed by atoms with Gasteiger partial charge in [-0.1, -0.05) is 217 Å².